The zero-order chi connectivity index (χ0) is 20.1. The van der Waals surface area contributed by atoms with Gasteiger partial charge in [0.2, 0.25) is 0 Å². The second-order valence-corrected chi connectivity index (χ2v) is 6.46. The van der Waals surface area contributed by atoms with Gasteiger partial charge in [-0.25, -0.2) is 4.98 Å². The molecule has 1 N–H and O–H groups in total. The molecule has 3 rings (SSSR count). The van der Waals surface area contributed by atoms with Crippen molar-refractivity contribution in [1.29, 1.82) is 0 Å². The fraction of sp³-hybridized carbons (Fsp3) is 0.200. The maximum absolute atomic E-state index is 12.7. The predicted octanol–water partition coefficient (Wildman–Crippen LogP) is 4.10. The highest BCUT2D eigenvalue weighted by Crippen LogP contribution is 2.39. The van der Waals surface area contributed by atoms with Crippen LogP contribution in [0.25, 0.3) is 10.6 Å². The van der Waals surface area contributed by atoms with Crippen LogP contribution in [0.15, 0.2) is 41.8 Å². The molecular formula is C20H20N2O5S. The molecule has 0 atom stereocenters. The lowest BCUT2D eigenvalue weighted by Gasteiger charge is -2.11. The molecule has 1 amide bonds. The molecule has 2 aromatic carbocycles. The Balaban J connectivity index is 1.88. The van der Waals surface area contributed by atoms with Crippen molar-refractivity contribution < 1.29 is 23.7 Å². The van der Waals surface area contributed by atoms with Crippen molar-refractivity contribution in [2.24, 2.45) is 0 Å². The Bertz CT molecular complexity index is 986. The second kappa shape index (κ2) is 8.62. The number of thiazole rings is 1. The molecule has 0 radical (unpaired) electrons. The molecule has 0 saturated carbocycles. The van der Waals surface area contributed by atoms with Gasteiger partial charge in [0, 0.05) is 11.4 Å². The monoisotopic (exact) mass is 400 g/mol. The van der Waals surface area contributed by atoms with E-state index in [9.17, 15) is 4.79 Å². The molecule has 3 aromatic rings. The minimum absolute atomic E-state index is 0.287. The number of amides is 1. The molecule has 0 aliphatic heterocycles. The quantitative estimate of drug-likeness (QED) is 0.643. The number of nitrogens with one attached hydrogen (secondary N) is 1. The van der Waals surface area contributed by atoms with E-state index >= 15 is 0 Å². The fourth-order valence-corrected chi connectivity index (χ4v) is 3.48. The summed E-state index contributed by atoms with van der Waals surface area (Å²) in [6, 6.07) is 10.7. The molecule has 1 aromatic heterocycles. The Morgan fingerprint density at radius 2 is 1.75 bits per heavy atom. The van der Waals surface area contributed by atoms with Gasteiger partial charge in [0.25, 0.3) is 5.91 Å². The number of hydrogen-bond acceptors (Lipinski definition) is 7. The molecule has 0 aliphatic carbocycles. The first kappa shape index (κ1) is 19.5. The van der Waals surface area contributed by atoms with E-state index in [1.807, 2.05) is 12.1 Å². The molecule has 0 bridgehead atoms. The van der Waals surface area contributed by atoms with Gasteiger partial charge in [-0.15, -0.1) is 11.3 Å². The minimum atomic E-state index is -0.351. The minimum Gasteiger partial charge on any atom is -0.497 e. The molecule has 7 nitrogen and oxygen atoms in total. The summed E-state index contributed by atoms with van der Waals surface area (Å²) in [4.78, 5) is 17.1. The largest absolute Gasteiger partial charge is 0.497 e. The molecule has 146 valence electrons. The molecule has 0 spiro atoms. The third-order valence-corrected chi connectivity index (χ3v) is 4.90. The van der Waals surface area contributed by atoms with Gasteiger partial charge in [0.05, 0.1) is 39.7 Å². The number of carbonyl (C=O) groups is 1. The van der Waals surface area contributed by atoms with Crippen LogP contribution < -0.4 is 24.3 Å². The number of methoxy groups -OCH3 is 4. The van der Waals surface area contributed by atoms with Gasteiger partial charge >= 0.3 is 0 Å². The van der Waals surface area contributed by atoms with Gasteiger partial charge in [0.1, 0.15) is 22.2 Å². The van der Waals surface area contributed by atoms with E-state index in [4.69, 9.17) is 18.9 Å². The Labute approximate surface area is 166 Å². The SMILES string of the molecule is COc1ccc(OC)c(NC(=O)c2csc(-c3cccc(OC)c3OC)n2)c1. The first-order chi connectivity index (χ1) is 13.6. The van der Waals surface area contributed by atoms with E-state index in [0.717, 1.165) is 5.56 Å². The van der Waals surface area contributed by atoms with Gasteiger partial charge in [-0.1, -0.05) is 6.07 Å². The zero-order valence-electron chi connectivity index (χ0n) is 15.9. The number of hydrogen-bond donors (Lipinski definition) is 1. The highest BCUT2D eigenvalue weighted by Gasteiger charge is 2.18. The molecular weight excluding hydrogens is 380 g/mol. The summed E-state index contributed by atoms with van der Waals surface area (Å²) in [5.41, 5.74) is 1.54. The molecule has 0 aliphatic rings. The van der Waals surface area contributed by atoms with Crippen molar-refractivity contribution in [3.8, 4) is 33.6 Å². The van der Waals surface area contributed by atoms with E-state index in [1.165, 1.54) is 18.4 Å². The van der Waals surface area contributed by atoms with E-state index in [0.29, 0.717) is 33.7 Å². The summed E-state index contributed by atoms with van der Waals surface area (Å²) >= 11 is 1.34. The molecule has 28 heavy (non-hydrogen) atoms. The second-order valence-electron chi connectivity index (χ2n) is 5.60. The van der Waals surface area contributed by atoms with Crippen molar-refractivity contribution in [2.45, 2.75) is 0 Å². The Morgan fingerprint density at radius 3 is 2.43 bits per heavy atom. The number of nitrogens with zero attached hydrogens (tertiary/aromatic N) is 1. The van der Waals surface area contributed by atoms with Gasteiger partial charge in [-0.3, -0.25) is 4.79 Å². The van der Waals surface area contributed by atoms with E-state index in [2.05, 4.69) is 10.3 Å². The van der Waals surface area contributed by atoms with Crippen molar-refractivity contribution in [2.75, 3.05) is 33.8 Å². The van der Waals surface area contributed by atoms with E-state index in [-0.39, 0.29) is 11.6 Å². The lowest BCUT2D eigenvalue weighted by molar-refractivity contribution is 0.102. The van der Waals surface area contributed by atoms with Crippen LogP contribution in [0.1, 0.15) is 10.5 Å². The average Bonchev–Trinajstić information content (AvgIpc) is 3.23. The molecule has 8 heteroatoms. The summed E-state index contributed by atoms with van der Waals surface area (Å²) in [7, 11) is 6.23. The Hall–Kier alpha value is -3.26. The van der Waals surface area contributed by atoms with Gasteiger partial charge < -0.3 is 24.3 Å². The number of ether oxygens (including phenoxy) is 4. The third-order valence-electron chi connectivity index (χ3n) is 4.03. The van der Waals surface area contributed by atoms with Crippen molar-refractivity contribution in [3.05, 3.63) is 47.5 Å². The van der Waals surface area contributed by atoms with Crippen LogP contribution >= 0.6 is 11.3 Å². The number of rotatable bonds is 7. The standard InChI is InChI=1S/C20H20N2O5S/c1-24-12-8-9-16(25-2)14(10-12)21-19(23)15-11-28-20(22-15)13-6-5-7-17(26-3)18(13)27-4/h5-11H,1-4H3,(H,21,23). The normalized spacial score (nSPS) is 10.3. The van der Waals surface area contributed by atoms with Crippen LogP contribution in [0.2, 0.25) is 0 Å². The summed E-state index contributed by atoms with van der Waals surface area (Å²) in [5, 5.41) is 5.15. The first-order valence-corrected chi connectivity index (χ1v) is 9.19. The average molecular weight is 400 g/mol. The summed E-state index contributed by atoms with van der Waals surface area (Å²) in [5.74, 6) is 1.95. The van der Waals surface area contributed by atoms with Crippen LogP contribution in [0.3, 0.4) is 0 Å². The zero-order valence-corrected chi connectivity index (χ0v) is 16.8. The molecule has 0 unspecified atom stereocenters. The summed E-state index contributed by atoms with van der Waals surface area (Å²) in [6.07, 6.45) is 0. The lowest BCUT2D eigenvalue weighted by Crippen LogP contribution is -2.13. The molecule has 0 fully saturated rings. The van der Waals surface area contributed by atoms with Crippen LogP contribution in [-0.2, 0) is 0 Å². The van der Waals surface area contributed by atoms with Gasteiger partial charge in [0.15, 0.2) is 11.5 Å². The van der Waals surface area contributed by atoms with Crippen LogP contribution in [0, 0.1) is 0 Å². The van der Waals surface area contributed by atoms with Crippen LogP contribution in [0.5, 0.6) is 23.0 Å². The van der Waals surface area contributed by atoms with Crippen molar-refractivity contribution in [1.82, 2.24) is 4.98 Å². The topological polar surface area (TPSA) is 78.9 Å². The van der Waals surface area contributed by atoms with Crippen LogP contribution in [0.4, 0.5) is 5.69 Å². The predicted molar refractivity (Wildman–Crippen MR) is 108 cm³/mol. The van der Waals surface area contributed by atoms with Crippen molar-refractivity contribution >= 4 is 22.9 Å². The number of aromatic nitrogens is 1. The molecule has 1 heterocycles. The fourth-order valence-electron chi connectivity index (χ4n) is 2.66. The first-order valence-electron chi connectivity index (χ1n) is 8.31. The molecule has 0 saturated heterocycles. The maximum Gasteiger partial charge on any atom is 0.275 e. The lowest BCUT2D eigenvalue weighted by atomic mass is 10.2. The highest BCUT2D eigenvalue weighted by molar-refractivity contribution is 7.13. The highest BCUT2D eigenvalue weighted by atomic mass is 32.1. The number of anilines is 1. The van der Waals surface area contributed by atoms with Gasteiger partial charge in [-0.05, 0) is 24.3 Å². The van der Waals surface area contributed by atoms with E-state index in [1.54, 1.807) is 51.0 Å². The summed E-state index contributed by atoms with van der Waals surface area (Å²) < 4.78 is 21.3. The maximum atomic E-state index is 12.7. The Kier molecular flexibility index (Phi) is 6.00. The summed E-state index contributed by atoms with van der Waals surface area (Å²) in [6.45, 7) is 0. The van der Waals surface area contributed by atoms with Crippen molar-refractivity contribution in [3.63, 3.8) is 0 Å². The van der Waals surface area contributed by atoms with Crippen LogP contribution in [-0.4, -0.2) is 39.3 Å². The number of benzene rings is 2. The van der Waals surface area contributed by atoms with Gasteiger partial charge in [-0.2, -0.15) is 0 Å². The number of para-hydroxylation sites is 1. The number of carbonyl (C=O) groups excluding carboxylic acids is 1. The smallest absolute Gasteiger partial charge is 0.275 e. The Morgan fingerprint density at radius 1 is 0.964 bits per heavy atom. The van der Waals surface area contributed by atoms with E-state index < -0.39 is 0 Å². The third kappa shape index (κ3) is 3.86.